The summed E-state index contributed by atoms with van der Waals surface area (Å²) in [7, 11) is 0. The summed E-state index contributed by atoms with van der Waals surface area (Å²) in [5.41, 5.74) is 0. The minimum absolute atomic E-state index is 0.0171. The Hall–Kier alpha value is -0.640. The summed E-state index contributed by atoms with van der Waals surface area (Å²) in [6.07, 6.45) is 3.05. The number of thiocarbonyl (C=S) groups is 1. The molecule has 0 saturated carbocycles. The van der Waals surface area contributed by atoms with Gasteiger partial charge >= 0.3 is 0 Å². The second-order valence-corrected chi connectivity index (χ2v) is 3.07. The Kier molecular flexibility index (Phi) is 2.82. The van der Waals surface area contributed by atoms with Crippen molar-refractivity contribution in [2.24, 2.45) is 0 Å². The van der Waals surface area contributed by atoms with E-state index in [1.165, 1.54) is 0 Å². The molecule has 0 aromatic rings. The Morgan fingerprint density at radius 1 is 1.64 bits per heavy atom. The fraction of sp³-hybridized carbons (Fsp3) is 0.714. The minimum Gasteiger partial charge on any atom is -0.351 e. The van der Waals surface area contributed by atoms with Gasteiger partial charge in [-0.2, -0.15) is 0 Å². The first-order chi connectivity index (χ1) is 5.24. The summed E-state index contributed by atoms with van der Waals surface area (Å²) in [6.45, 7) is 2.10. The van der Waals surface area contributed by atoms with Crippen LogP contribution in [-0.4, -0.2) is 17.1 Å². The standard InChI is InChI=1S/C7H12N2OS/c1-2-3-4-5-6(10)9-7(11)8-5/h5H,2-4H2,1H3,(H2,8,9,10,11). The summed E-state index contributed by atoms with van der Waals surface area (Å²) in [5.74, 6) is 0.0171. The van der Waals surface area contributed by atoms with Crippen molar-refractivity contribution in [3.05, 3.63) is 0 Å². The maximum atomic E-state index is 11.0. The molecule has 1 heterocycles. The first-order valence-electron chi connectivity index (χ1n) is 3.85. The van der Waals surface area contributed by atoms with Gasteiger partial charge in [-0.25, -0.2) is 0 Å². The molecule has 1 aliphatic rings. The van der Waals surface area contributed by atoms with Crippen molar-refractivity contribution < 1.29 is 4.79 Å². The second kappa shape index (κ2) is 3.67. The highest BCUT2D eigenvalue weighted by Gasteiger charge is 2.25. The van der Waals surface area contributed by atoms with Gasteiger partial charge in [0.1, 0.15) is 6.04 Å². The largest absolute Gasteiger partial charge is 0.351 e. The van der Waals surface area contributed by atoms with Gasteiger partial charge in [-0.15, -0.1) is 0 Å². The smallest absolute Gasteiger partial charge is 0.248 e. The normalized spacial score (nSPS) is 23.2. The number of unbranched alkanes of at least 4 members (excludes halogenated alkanes) is 1. The average molecular weight is 172 g/mol. The Morgan fingerprint density at radius 2 is 2.36 bits per heavy atom. The molecule has 0 spiro atoms. The third kappa shape index (κ3) is 2.15. The first kappa shape index (κ1) is 8.46. The van der Waals surface area contributed by atoms with Crippen LogP contribution in [0.3, 0.4) is 0 Å². The van der Waals surface area contributed by atoms with Gasteiger partial charge in [0, 0.05) is 0 Å². The zero-order valence-electron chi connectivity index (χ0n) is 6.52. The highest BCUT2D eigenvalue weighted by atomic mass is 32.1. The van der Waals surface area contributed by atoms with Crippen LogP contribution in [0.2, 0.25) is 0 Å². The van der Waals surface area contributed by atoms with E-state index in [0.717, 1.165) is 19.3 Å². The summed E-state index contributed by atoms with van der Waals surface area (Å²) < 4.78 is 0. The van der Waals surface area contributed by atoms with Crippen molar-refractivity contribution in [3.8, 4) is 0 Å². The molecule has 62 valence electrons. The fourth-order valence-corrected chi connectivity index (χ4v) is 1.31. The number of hydrogen-bond acceptors (Lipinski definition) is 2. The van der Waals surface area contributed by atoms with Gasteiger partial charge in [0.05, 0.1) is 0 Å². The minimum atomic E-state index is -0.0811. The van der Waals surface area contributed by atoms with E-state index in [2.05, 4.69) is 17.6 Å². The van der Waals surface area contributed by atoms with E-state index in [1.54, 1.807) is 0 Å². The number of carbonyl (C=O) groups is 1. The van der Waals surface area contributed by atoms with Crippen molar-refractivity contribution in [2.75, 3.05) is 0 Å². The highest BCUT2D eigenvalue weighted by Crippen LogP contribution is 2.03. The summed E-state index contributed by atoms with van der Waals surface area (Å²) in [5, 5.41) is 5.93. The van der Waals surface area contributed by atoms with Crippen molar-refractivity contribution in [3.63, 3.8) is 0 Å². The Labute approximate surface area is 71.5 Å². The maximum absolute atomic E-state index is 11.0. The van der Waals surface area contributed by atoms with E-state index in [-0.39, 0.29) is 11.9 Å². The van der Waals surface area contributed by atoms with Crippen LogP contribution in [0, 0.1) is 0 Å². The van der Waals surface area contributed by atoms with Crippen LogP contribution in [-0.2, 0) is 4.79 Å². The van der Waals surface area contributed by atoms with Crippen molar-refractivity contribution in [1.29, 1.82) is 0 Å². The molecule has 0 aliphatic carbocycles. The van der Waals surface area contributed by atoms with Gasteiger partial charge in [0.15, 0.2) is 5.11 Å². The molecule has 1 fully saturated rings. The zero-order chi connectivity index (χ0) is 8.27. The van der Waals surface area contributed by atoms with Crippen molar-refractivity contribution in [1.82, 2.24) is 10.6 Å². The SMILES string of the molecule is CCCCC1NC(=S)NC1=O. The molecule has 3 nitrogen and oxygen atoms in total. The van der Waals surface area contributed by atoms with Crippen LogP contribution in [0.1, 0.15) is 26.2 Å². The number of nitrogens with one attached hydrogen (secondary N) is 2. The predicted octanol–water partition coefficient (Wildman–Crippen LogP) is 0.549. The Morgan fingerprint density at radius 3 is 2.82 bits per heavy atom. The zero-order valence-corrected chi connectivity index (χ0v) is 7.33. The van der Waals surface area contributed by atoms with Crippen LogP contribution < -0.4 is 10.6 Å². The lowest BCUT2D eigenvalue weighted by Gasteiger charge is -2.04. The molecule has 1 rings (SSSR count). The molecule has 1 atom stereocenters. The fourth-order valence-electron chi connectivity index (χ4n) is 1.07. The van der Waals surface area contributed by atoms with E-state index >= 15 is 0 Å². The molecule has 11 heavy (non-hydrogen) atoms. The maximum Gasteiger partial charge on any atom is 0.248 e. The van der Waals surface area contributed by atoms with E-state index in [4.69, 9.17) is 12.2 Å². The van der Waals surface area contributed by atoms with E-state index < -0.39 is 0 Å². The quantitative estimate of drug-likeness (QED) is 0.611. The van der Waals surface area contributed by atoms with Crippen molar-refractivity contribution >= 4 is 23.2 Å². The summed E-state index contributed by atoms with van der Waals surface area (Å²) >= 11 is 4.78. The molecule has 2 N–H and O–H groups in total. The van der Waals surface area contributed by atoms with Crippen LogP contribution in [0.5, 0.6) is 0 Å². The van der Waals surface area contributed by atoms with Gasteiger partial charge in [-0.1, -0.05) is 19.8 Å². The molecule has 1 unspecified atom stereocenters. The lowest BCUT2D eigenvalue weighted by Crippen LogP contribution is -2.28. The van der Waals surface area contributed by atoms with Crippen molar-refractivity contribution in [2.45, 2.75) is 32.2 Å². The molecular weight excluding hydrogens is 160 g/mol. The molecule has 0 aromatic carbocycles. The number of carbonyl (C=O) groups excluding carboxylic acids is 1. The summed E-state index contributed by atoms with van der Waals surface area (Å²) in [6, 6.07) is -0.0811. The molecule has 1 aliphatic heterocycles. The topological polar surface area (TPSA) is 41.1 Å². The molecular formula is C7H12N2OS. The predicted molar refractivity (Wildman–Crippen MR) is 47.2 cm³/mol. The second-order valence-electron chi connectivity index (χ2n) is 2.66. The van der Waals surface area contributed by atoms with Gasteiger partial charge in [-0.05, 0) is 18.6 Å². The van der Waals surface area contributed by atoms with E-state index in [9.17, 15) is 4.79 Å². The molecule has 1 amide bonds. The molecule has 0 radical (unpaired) electrons. The average Bonchev–Trinajstić information content (AvgIpc) is 2.26. The molecule has 1 saturated heterocycles. The van der Waals surface area contributed by atoms with Gasteiger partial charge < -0.3 is 10.6 Å². The number of rotatable bonds is 3. The number of amides is 1. The molecule has 4 heteroatoms. The lowest BCUT2D eigenvalue weighted by atomic mass is 10.1. The highest BCUT2D eigenvalue weighted by molar-refractivity contribution is 7.80. The van der Waals surface area contributed by atoms with Gasteiger partial charge in [-0.3, -0.25) is 4.79 Å². The van der Waals surface area contributed by atoms with Crippen LogP contribution in [0.4, 0.5) is 0 Å². The monoisotopic (exact) mass is 172 g/mol. The third-order valence-electron chi connectivity index (χ3n) is 1.70. The van der Waals surface area contributed by atoms with E-state index in [0.29, 0.717) is 5.11 Å². The van der Waals surface area contributed by atoms with Crippen LogP contribution in [0.15, 0.2) is 0 Å². The molecule has 0 bridgehead atoms. The van der Waals surface area contributed by atoms with Gasteiger partial charge in [0.2, 0.25) is 5.91 Å². The van der Waals surface area contributed by atoms with Gasteiger partial charge in [0.25, 0.3) is 0 Å². The Bertz CT molecular complexity index is 181. The van der Waals surface area contributed by atoms with Crippen LogP contribution >= 0.6 is 12.2 Å². The Balaban J connectivity index is 2.34. The molecule has 0 aromatic heterocycles. The van der Waals surface area contributed by atoms with E-state index in [1.807, 2.05) is 0 Å². The summed E-state index contributed by atoms with van der Waals surface area (Å²) in [4.78, 5) is 11.0. The number of hydrogen-bond donors (Lipinski definition) is 2. The third-order valence-corrected chi connectivity index (χ3v) is 1.92. The first-order valence-corrected chi connectivity index (χ1v) is 4.26. The van der Waals surface area contributed by atoms with Crippen LogP contribution in [0.25, 0.3) is 0 Å². The lowest BCUT2D eigenvalue weighted by molar-refractivity contribution is -0.120.